The Morgan fingerprint density at radius 1 is 1.10 bits per heavy atom. The third-order valence-electron chi connectivity index (χ3n) is 9.04. The van der Waals surface area contributed by atoms with Crippen LogP contribution in [-0.2, 0) is 22.6 Å². The number of hydrogen-bond acceptors (Lipinski definition) is 9. The number of aliphatic hydroxyl groups excluding tert-OH is 2. The average Bonchev–Trinajstić information content (AvgIpc) is 2.96. The number of phenols is 1. The van der Waals surface area contributed by atoms with Gasteiger partial charge in [-0.25, -0.2) is 0 Å². The summed E-state index contributed by atoms with van der Waals surface area (Å²) in [5, 5.41) is 43.4. The number of aromatic hydroxyl groups is 1. The molecule has 6 N–H and O–H groups in total. The number of nitrogens with zero attached hydrogens (tertiary/aromatic N) is 1. The Hall–Kier alpha value is -3.73. The van der Waals surface area contributed by atoms with Gasteiger partial charge in [0.1, 0.15) is 17.3 Å². The van der Waals surface area contributed by atoms with E-state index in [-0.39, 0.29) is 42.8 Å². The van der Waals surface area contributed by atoms with Crippen molar-refractivity contribution in [2.75, 3.05) is 26.8 Å². The van der Waals surface area contributed by atoms with E-state index in [2.05, 4.69) is 4.90 Å². The topological polar surface area (TPSA) is 171 Å². The van der Waals surface area contributed by atoms with Gasteiger partial charge in [0.2, 0.25) is 5.91 Å². The summed E-state index contributed by atoms with van der Waals surface area (Å²) in [7, 11) is 1.57. The maximum absolute atomic E-state index is 14.0. The van der Waals surface area contributed by atoms with Crippen LogP contribution in [0.4, 0.5) is 0 Å². The third-order valence-corrected chi connectivity index (χ3v) is 9.04. The number of hydrogen-bond donors (Lipinski definition) is 5. The largest absolute Gasteiger partial charge is 0.508 e. The zero-order valence-corrected chi connectivity index (χ0v) is 23.8. The van der Waals surface area contributed by atoms with Crippen LogP contribution >= 0.6 is 0 Å². The van der Waals surface area contributed by atoms with Gasteiger partial charge in [0.15, 0.2) is 17.2 Å². The van der Waals surface area contributed by atoms with E-state index < -0.39 is 47.1 Å². The van der Waals surface area contributed by atoms with Crippen LogP contribution in [0.15, 0.2) is 41.7 Å². The molecular weight excluding hydrogens is 540 g/mol. The highest BCUT2D eigenvalue weighted by Gasteiger charge is 2.55. The summed E-state index contributed by atoms with van der Waals surface area (Å²) >= 11 is 0. The van der Waals surface area contributed by atoms with E-state index >= 15 is 0 Å². The number of piperidine rings is 1. The summed E-state index contributed by atoms with van der Waals surface area (Å²) in [5.74, 6) is -4.81. The molecule has 2 aliphatic carbocycles. The number of benzene rings is 2. The van der Waals surface area contributed by atoms with Crippen molar-refractivity contribution in [3.63, 3.8) is 0 Å². The van der Waals surface area contributed by atoms with Crippen molar-refractivity contribution in [2.45, 2.75) is 57.1 Å². The second-order valence-corrected chi connectivity index (χ2v) is 11.6. The first-order valence-electron chi connectivity index (χ1n) is 14.5. The molecule has 42 heavy (non-hydrogen) atoms. The fourth-order valence-electron chi connectivity index (χ4n) is 7.01. The van der Waals surface area contributed by atoms with Crippen molar-refractivity contribution in [1.29, 1.82) is 0 Å². The van der Waals surface area contributed by atoms with E-state index in [0.29, 0.717) is 16.9 Å². The summed E-state index contributed by atoms with van der Waals surface area (Å²) in [5.41, 5.74) is 5.59. The number of rotatable bonds is 9. The second-order valence-electron chi connectivity index (χ2n) is 11.6. The van der Waals surface area contributed by atoms with Gasteiger partial charge in [-0.3, -0.25) is 19.3 Å². The Bertz CT molecular complexity index is 1440. The van der Waals surface area contributed by atoms with Gasteiger partial charge in [-0.1, -0.05) is 18.6 Å². The van der Waals surface area contributed by atoms with E-state index in [9.17, 15) is 34.8 Å². The molecule has 1 aliphatic heterocycles. The highest BCUT2D eigenvalue weighted by Crippen LogP contribution is 2.50. The standard InChI is InChI=1S/C32H38N2O8/c1-42-25-8-5-18(17-34-10-3-2-4-11-34)13-22(25)21-6-7-24(36)29-23(21)15-19-14-20(9-12-35)32(41,26(37)16-27(33)38)31(40)28(19)30(29)39/h5-8,13,19-20,35-36,40-41H,2-4,9-12,14-17H2,1H3,(H2,33,38)/t19-,20-,32-/m1/s1. The van der Waals surface area contributed by atoms with Gasteiger partial charge in [0.05, 0.1) is 19.1 Å². The third kappa shape index (κ3) is 5.19. The lowest BCUT2D eigenvalue weighted by Gasteiger charge is -2.43. The van der Waals surface area contributed by atoms with Crippen LogP contribution in [0, 0.1) is 11.8 Å². The predicted molar refractivity (Wildman–Crippen MR) is 154 cm³/mol. The number of Topliss-reactive ketones (excluding diaryl/α,β-unsaturated/α-hetero) is 2. The number of carbonyl (C=O) groups excluding carboxylic acids is 3. The van der Waals surface area contributed by atoms with Crippen molar-refractivity contribution in [1.82, 2.24) is 4.90 Å². The Morgan fingerprint density at radius 2 is 1.83 bits per heavy atom. The van der Waals surface area contributed by atoms with Gasteiger partial charge in [0.25, 0.3) is 0 Å². The van der Waals surface area contributed by atoms with Gasteiger partial charge < -0.3 is 30.9 Å². The molecule has 0 spiro atoms. The predicted octanol–water partition coefficient (Wildman–Crippen LogP) is 2.80. The summed E-state index contributed by atoms with van der Waals surface area (Å²) in [4.78, 5) is 40.9. The second kappa shape index (κ2) is 11.9. The maximum atomic E-state index is 14.0. The Morgan fingerprint density at radius 3 is 2.50 bits per heavy atom. The molecule has 1 amide bonds. The number of ketones is 2. The smallest absolute Gasteiger partial charge is 0.225 e. The minimum atomic E-state index is -2.56. The lowest BCUT2D eigenvalue weighted by molar-refractivity contribution is -0.147. The average molecular weight is 579 g/mol. The van der Waals surface area contributed by atoms with Crippen molar-refractivity contribution >= 4 is 17.5 Å². The number of amides is 1. The van der Waals surface area contributed by atoms with Crippen LogP contribution in [0.2, 0.25) is 0 Å². The number of phenolic OH excluding ortho intramolecular Hbond substituents is 1. The number of ether oxygens (including phenoxy) is 1. The zero-order valence-electron chi connectivity index (χ0n) is 23.8. The number of primary amides is 1. The summed E-state index contributed by atoms with van der Waals surface area (Å²) in [6.07, 6.45) is 3.01. The van der Waals surface area contributed by atoms with Crippen LogP contribution in [0.5, 0.6) is 11.5 Å². The molecule has 10 nitrogen and oxygen atoms in total. The molecule has 0 radical (unpaired) electrons. The van der Waals surface area contributed by atoms with Crippen molar-refractivity contribution < 1.29 is 39.5 Å². The van der Waals surface area contributed by atoms with E-state index in [0.717, 1.165) is 30.8 Å². The highest BCUT2D eigenvalue weighted by atomic mass is 16.5. The van der Waals surface area contributed by atoms with Crippen molar-refractivity contribution in [3.8, 4) is 22.6 Å². The van der Waals surface area contributed by atoms with Gasteiger partial charge in [-0.05, 0) is 86.0 Å². The molecule has 0 bridgehead atoms. The molecule has 2 aromatic carbocycles. The molecular formula is C32H38N2O8. The number of likely N-dealkylation sites (tertiary alicyclic amines) is 1. The quantitative estimate of drug-likeness (QED) is 0.281. The van der Waals surface area contributed by atoms with Gasteiger partial charge in [0, 0.05) is 30.2 Å². The molecule has 10 heteroatoms. The van der Waals surface area contributed by atoms with E-state index in [1.54, 1.807) is 13.2 Å². The van der Waals surface area contributed by atoms with Crippen LogP contribution < -0.4 is 10.5 Å². The van der Waals surface area contributed by atoms with E-state index in [4.69, 9.17) is 10.5 Å². The summed E-state index contributed by atoms with van der Waals surface area (Å²) < 4.78 is 5.70. The molecule has 0 aromatic heterocycles. The van der Waals surface area contributed by atoms with Crippen molar-refractivity contribution in [2.24, 2.45) is 17.6 Å². The molecule has 1 saturated heterocycles. The Balaban J connectivity index is 1.61. The molecule has 1 heterocycles. The summed E-state index contributed by atoms with van der Waals surface area (Å²) in [6, 6.07) is 9.14. The van der Waals surface area contributed by atoms with Crippen LogP contribution in [0.1, 0.15) is 60.0 Å². The number of methoxy groups -OCH3 is 1. The monoisotopic (exact) mass is 578 g/mol. The molecule has 0 unspecified atom stereocenters. The SMILES string of the molecule is COc1ccc(CN2CCCCC2)cc1-c1ccc(O)c2c1C[C@H]1C[C@@H](CCO)[C@@](O)(C(=O)CC(N)=O)C(O)=C1C2=O. The minimum Gasteiger partial charge on any atom is -0.508 e. The van der Waals surface area contributed by atoms with Gasteiger partial charge >= 0.3 is 0 Å². The van der Waals surface area contributed by atoms with E-state index in [1.807, 2.05) is 18.2 Å². The number of nitrogens with two attached hydrogens (primary N) is 1. The van der Waals surface area contributed by atoms with Gasteiger partial charge in [-0.15, -0.1) is 0 Å². The molecule has 3 aliphatic rings. The van der Waals surface area contributed by atoms with Crippen LogP contribution in [0.25, 0.3) is 11.1 Å². The first-order chi connectivity index (χ1) is 20.1. The number of aliphatic hydroxyl groups is 3. The van der Waals surface area contributed by atoms with Crippen molar-refractivity contribution in [3.05, 3.63) is 58.4 Å². The number of fused-ring (bicyclic) bond motifs is 2. The zero-order chi connectivity index (χ0) is 30.2. The van der Waals surface area contributed by atoms with Gasteiger partial charge in [-0.2, -0.15) is 0 Å². The molecule has 224 valence electrons. The molecule has 0 saturated carbocycles. The first kappa shape index (κ1) is 29.8. The minimum absolute atomic E-state index is 0.0147. The number of carbonyl (C=O) groups is 3. The summed E-state index contributed by atoms with van der Waals surface area (Å²) in [6.45, 7) is 2.46. The van der Waals surface area contributed by atoms with E-state index in [1.165, 1.54) is 25.3 Å². The molecule has 2 aromatic rings. The molecule has 3 atom stereocenters. The first-order valence-corrected chi connectivity index (χ1v) is 14.5. The fraction of sp³-hybridized carbons (Fsp3) is 0.469. The van der Waals surface area contributed by atoms with Crippen LogP contribution in [-0.4, -0.2) is 75.2 Å². The lowest BCUT2D eigenvalue weighted by atomic mass is 9.62. The highest BCUT2D eigenvalue weighted by molar-refractivity contribution is 6.15. The number of allylic oxidation sites excluding steroid dienone is 1. The normalized spacial score (nSPS) is 24.2. The molecule has 1 fully saturated rings. The fourth-order valence-corrected chi connectivity index (χ4v) is 7.01. The molecule has 5 rings (SSSR count). The Labute approximate surface area is 244 Å². The lowest BCUT2D eigenvalue weighted by Crippen LogP contribution is -2.54. The maximum Gasteiger partial charge on any atom is 0.225 e. The van der Waals surface area contributed by atoms with Crippen LogP contribution in [0.3, 0.4) is 0 Å². The Kier molecular flexibility index (Phi) is 8.41.